The van der Waals surface area contributed by atoms with E-state index in [2.05, 4.69) is 23.7 Å². The Morgan fingerprint density at radius 1 is 1.15 bits per heavy atom. The van der Waals surface area contributed by atoms with Crippen LogP contribution in [0.15, 0.2) is 76.5 Å². The van der Waals surface area contributed by atoms with E-state index >= 15 is 8.78 Å². The second-order valence-electron chi connectivity index (χ2n) is 11.0. The summed E-state index contributed by atoms with van der Waals surface area (Å²) in [5.41, 5.74) is -3.56. The van der Waals surface area contributed by atoms with E-state index in [4.69, 9.17) is 4.74 Å². The van der Waals surface area contributed by atoms with Crippen molar-refractivity contribution in [2.45, 2.75) is 77.7 Å². The number of benzene rings is 1. The van der Waals surface area contributed by atoms with Gasteiger partial charge in [0.15, 0.2) is 5.60 Å². The van der Waals surface area contributed by atoms with Gasteiger partial charge >= 0.3 is 5.92 Å². The zero-order valence-electron chi connectivity index (χ0n) is 24.9. The predicted octanol–water partition coefficient (Wildman–Crippen LogP) is 9.13. The molecule has 0 saturated carbocycles. The molecule has 1 aromatic carbocycles. The van der Waals surface area contributed by atoms with Crippen LogP contribution >= 0.6 is 0 Å². The van der Waals surface area contributed by atoms with Gasteiger partial charge in [-0.2, -0.15) is 19.0 Å². The fourth-order valence-corrected chi connectivity index (χ4v) is 5.03. The van der Waals surface area contributed by atoms with Crippen LogP contribution < -0.4 is 0 Å². The minimum absolute atomic E-state index is 0.197. The van der Waals surface area contributed by atoms with Gasteiger partial charge in [-0.05, 0) is 62.0 Å². The number of aliphatic hydroxyl groups is 1. The molecule has 0 aromatic heterocycles. The van der Waals surface area contributed by atoms with Crippen molar-refractivity contribution in [2.24, 2.45) is 28.0 Å². The minimum atomic E-state index is -3.94. The first kappa shape index (κ1) is 34.6. The van der Waals surface area contributed by atoms with Crippen molar-refractivity contribution in [3.05, 3.63) is 83.5 Å². The quantitative estimate of drug-likeness (QED) is 0.128. The van der Waals surface area contributed by atoms with Crippen molar-refractivity contribution in [3.8, 4) is 0 Å². The van der Waals surface area contributed by atoms with Crippen molar-refractivity contribution in [2.75, 3.05) is 26.3 Å². The summed E-state index contributed by atoms with van der Waals surface area (Å²) in [6.07, 6.45) is 11.0. The van der Waals surface area contributed by atoms with Gasteiger partial charge in [-0.25, -0.2) is 8.78 Å². The van der Waals surface area contributed by atoms with Gasteiger partial charge in [-0.3, -0.25) is 0 Å². The van der Waals surface area contributed by atoms with Crippen LogP contribution in [0.1, 0.15) is 71.8 Å². The average Bonchev–Trinajstić information content (AvgIpc) is 2.92. The van der Waals surface area contributed by atoms with Crippen LogP contribution in [0.5, 0.6) is 0 Å². The molecule has 1 aliphatic heterocycles. The van der Waals surface area contributed by atoms with Crippen molar-refractivity contribution in [1.29, 1.82) is 0 Å². The topological polar surface area (TPSA) is 54.2 Å². The summed E-state index contributed by atoms with van der Waals surface area (Å²) in [4.78, 5) is 0. The lowest BCUT2D eigenvalue weighted by Crippen LogP contribution is -2.47. The Bertz CT molecular complexity index is 1100. The van der Waals surface area contributed by atoms with Crippen LogP contribution in [-0.2, 0) is 10.3 Å². The molecule has 1 heterocycles. The van der Waals surface area contributed by atoms with Gasteiger partial charge in [0.25, 0.3) is 0 Å². The molecule has 0 spiro atoms. The highest BCUT2D eigenvalue weighted by atomic mass is 19.3. The molecule has 0 radical (unpaired) electrons. The fourth-order valence-electron chi connectivity index (χ4n) is 5.03. The number of nitrogens with zero attached hydrogens (tertiary/aromatic N) is 2. The molecule has 41 heavy (non-hydrogen) atoms. The molecule has 4 nitrogen and oxygen atoms in total. The summed E-state index contributed by atoms with van der Waals surface area (Å²) in [6.45, 7) is 13.7. The van der Waals surface area contributed by atoms with Crippen molar-refractivity contribution >= 4 is 0 Å². The molecule has 0 aliphatic carbocycles. The van der Waals surface area contributed by atoms with E-state index in [0.717, 1.165) is 37.5 Å². The first-order valence-electron chi connectivity index (χ1n) is 14.7. The average molecular weight is 579 g/mol. The molecule has 228 valence electrons. The summed E-state index contributed by atoms with van der Waals surface area (Å²) in [6, 6.07) is 2.31. The van der Waals surface area contributed by atoms with Gasteiger partial charge in [0, 0.05) is 23.8 Å². The van der Waals surface area contributed by atoms with Gasteiger partial charge < -0.3 is 9.84 Å². The number of hydrogen-bond acceptors (Lipinski definition) is 4. The highest BCUT2D eigenvalue weighted by molar-refractivity contribution is 5.40. The molecule has 1 aliphatic rings. The highest BCUT2D eigenvalue weighted by Gasteiger charge is 2.55. The highest BCUT2D eigenvalue weighted by Crippen LogP contribution is 2.47. The van der Waals surface area contributed by atoms with E-state index in [9.17, 15) is 13.9 Å². The zero-order chi connectivity index (χ0) is 30.5. The van der Waals surface area contributed by atoms with Crippen LogP contribution in [0.2, 0.25) is 0 Å². The molecular weight excluding hydrogens is 532 g/mol. The predicted molar refractivity (Wildman–Crippen MR) is 157 cm³/mol. The summed E-state index contributed by atoms with van der Waals surface area (Å²) in [7, 11) is 0. The third-order valence-corrected chi connectivity index (χ3v) is 7.93. The van der Waals surface area contributed by atoms with Gasteiger partial charge in [0.2, 0.25) is 0 Å². The van der Waals surface area contributed by atoms with Crippen molar-refractivity contribution in [1.82, 2.24) is 0 Å². The zero-order valence-corrected chi connectivity index (χ0v) is 24.9. The smallest absolute Gasteiger partial charge is 0.304 e. The van der Waals surface area contributed by atoms with E-state index in [0.29, 0.717) is 50.3 Å². The second-order valence-corrected chi connectivity index (χ2v) is 11.0. The van der Waals surface area contributed by atoms with Crippen molar-refractivity contribution in [3.63, 3.8) is 0 Å². The van der Waals surface area contributed by atoms with Crippen molar-refractivity contribution < 1.29 is 27.4 Å². The maximum absolute atomic E-state index is 16.2. The maximum atomic E-state index is 16.2. The minimum Gasteiger partial charge on any atom is -0.378 e. The lowest BCUT2D eigenvalue weighted by molar-refractivity contribution is -0.168. The molecular formula is C33H46F4N2O2. The first-order chi connectivity index (χ1) is 19.5. The van der Waals surface area contributed by atoms with Crippen LogP contribution in [-0.4, -0.2) is 37.3 Å². The summed E-state index contributed by atoms with van der Waals surface area (Å²) in [5, 5.41) is 19.8. The standard InChI is InChI=1S/C33H46F4N2O2/c1-6-24(3)22-27(10-9-21-41-7-2)13-12-26(5)33(36,37)32(40,30-15-14-29(34)23-31(30)35)18-8-11-28-17-20-39-38-19-16-25(28)4/h9-10,12-15,22-25,28,40H,5-8,11,16-21H2,1-4H3. The Kier molecular flexibility index (Phi) is 14.2. The maximum Gasteiger partial charge on any atom is 0.304 e. The molecule has 4 unspecified atom stereocenters. The number of ether oxygens (including phenoxy) is 1. The Morgan fingerprint density at radius 3 is 2.51 bits per heavy atom. The Morgan fingerprint density at radius 2 is 1.85 bits per heavy atom. The van der Waals surface area contributed by atoms with Gasteiger partial charge in [0.1, 0.15) is 11.6 Å². The first-order valence-corrected chi connectivity index (χ1v) is 14.7. The lowest BCUT2D eigenvalue weighted by Gasteiger charge is -2.38. The van der Waals surface area contributed by atoms with Gasteiger partial charge in [0.05, 0.1) is 19.7 Å². The molecule has 4 atom stereocenters. The van der Waals surface area contributed by atoms with E-state index in [1.165, 1.54) is 6.08 Å². The number of allylic oxidation sites excluding steroid dienone is 5. The normalized spacial score (nSPS) is 21.1. The molecule has 8 heteroatoms. The molecule has 0 saturated heterocycles. The molecule has 0 fully saturated rings. The third kappa shape index (κ3) is 10.0. The monoisotopic (exact) mass is 578 g/mol. The number of rotatable bonds is 15. The number of alkyl halides is 2. The summed E-state index contributed by atoms with van der Waals surface area (Å²) >= 11 is 0. The number of halogens is 4. The SMILES string of the molecule is C=C(C=CC(C=CCOCC)=CC(C)CC)C(F)(F)C(O)(CCCC1CCN=NCCC1C)c1ccc(F)cc1F. The van der Waals surface area contributed by atoms with E-state index < -0.39 is 40.7 Å². The van der Waals surface area contributed by atoms with E-state index in [1.807, 2.05) is 26.8 Å². The molecule has 0 amide bonds. The Balaban J connectivity index is 2.37. The Hall–Kier alpha value is -2.58. The largest absolute Gasteiger partial charge is 0.378 e. The van der Waals surface area contributed by atoms with Crippen LogP contribution in [0.4, 0.5) is 17.6 Å². The van der Waals surface area contributed by atoms with Crippen LogP contribution in [0, 0.1) is 29.4 Å². The second kappa shape index (κ2) is 16.8. The van der Waals surface area contributed by atoms with Gasteiger partial charge in [-0.15, -0.1) is 0 Å². The van der Waals surface area contributed by atoms with E-state index in [-0.39, 0.29) is 18.3 Å². The number of azo groups is 1. The molecule has 2 rings (SSSR count). The summed E-state index contributed by atoms with van der Waals surface area (Å²) < 4.78 is 66.4. The fraction of sp³-hybridized carbons (Fsp3) is 0.576. The number of hydrogen-bond donors (Lipinski definition) is 1. The third-order valence-electron chi connectivity index (χ3n) is 7.93. The molecule has 1 aromatic rings. The van der Waals surface area contributed by atoms with Crippen LogP contribution in [0.3, 0.4) is 0 Å². The van der Waals surface area contributed by atoms with Gasteiger partial charge in [-0.1, -0.05) is 76.6 Å². The lowest BCUT2D eigenvalue weighted by atomic mass is 9.77. The summed E-state index contributed by atoms with van der Waals surface area (Å²) in [5.74, 6) is -5.35. The van der Waals surface area contributed by atoms with Crippen LogP contribution in [0.25, 0.3) is 0 Å². The molecule has 1 N–H and O–H groups in total. The Labute approximate surface area is 243 Å². The van der Waals surface area contributed by atoms with E-state index in [1.54, 1.807) is 12.2 Å². The molecule has 0 bridgehead atoms.